The molecular weight excluding hydrogens is 371 g/mol. The minimum absolute atomic E-state index is 0.245. The van der Waals surface area contributed by atoms with E-state index in [2.05, 4.69) is 21.9 Å². The van der Waals surface area contributed by atoms with Gasteiger partial charge in [-0.2, -0.15) is 0 Å². The lowest BCUT2D eigenvalue weighted by atomic mass is 10.2. The number of hydrogen-bond acceptors (Lipinski definition) is 2. The van der Waals surface area contributed by atoms with Gasteiger partial charge in [0.1, 0.15) is 0 Å². The number of esters is 1. The van der Waals surface area contributed by atoms with E-state index >= 15 is 0 Å². The van der Waals surface area contributed by atoms with Crippen LogP contribution >= 0.6 is 38.5 Å². The van der Waals surface area contributed by atoms with Gasteiger partial charge < -0.3 is 4.74 Å². The monoisotopic (exact) mass is 378 g/mol. The Bertz CT molecular complexity index is 381. The summed E-state index contributed by atoms with van der Waals surface area (Å²) in [5.41, 5.74) is 0.906. The maximum absolute atomic E-state index is 11.3. The van der Waals surface area contributed by atoms with Crippen molar-refractivity contribution >= 4 is 44.5 Å². The number of rotatable bonds is 3. The Morgan fingerprint density at radius 1 is 1.53 bits per heavy atom. The number of terminal acetylenes is 1. The molecule has 0 N–H and O–H groups in total. The topological polar surface area (TPSA) is 26.3 Å². The van der Waals surface area contributed by atoms with Gasteiger partial charge in [-0.25, -0.2) is 0 Å². The predicted molar refractivity (Wildman–Crippen MR) is 70.6 cm³/mol. The van der Waals surface area contributed by atoms with E-state index in [0.29, 0.717) is 0 Å². The molecule has 0 fully saturated rings. The average molecular weight is 379 g/mol. The summed E-state index contributed by atoms with van der Waals surface area (Å²) in [6.45, 7) is 0. The van der Waals surface area contributed by atoms with Gasteiger partial charge in [0.25, 0.3) is 0 Å². The number of alkyl halides is 1. The molecule has 78 valence electrons. The molecule has 0 radical (unpaired) electrons. The first-order valence-corrected chi connectivity index (χ1v) is 6.20. The Labute approximate surface area is 111 Å². The molecule has 2 nitrogen and oxygen atoms in total. The molecule has 0 spiro atoms. The second-order valence-corrected chi connectivity index (χ2v) is 4.82. The lowest BCUT2D eigenvalue weighted by Gasteiger charge is -2.05. The van der Waals surface area contributed by atoms with Gasteiger partial charge in [-0.15, -0.1) is 6.42 Å². The normalized spacial score (nSPS) is 11.5. The predicted octanol–water partition coefficient (Wildman–Crippen LogP) is 2.93. The van der Waals surface area contributed by atoms with Crippen molar-refractivity contribution in [2.45, 2.75) is 10.5 Å². The lowest BCUT2D eigenvalue weighted by molar-refractivity contribution is -0.142. The van der Waals surface area contributed by atoms with E-state index in [0.717, 1.165) is 10.0 Å². The summed E-state index contributed by atoms with van der Waals surface area (Å²) >= 11 is 5.20. The van der Waals surface area contributed by atoms with Crippen LogP contribution < -0.4 is 0 Å². The Balaban J connectivity index is 2.52. The number of carbonyl (C=O) groups excluding carboxylic acids is 1. The fourth-order valence-corrected chi connectivity index (χ4v) is 1.51. The summed E-state index contributed by atoms with van der Waals surface area (Å²) in [5.74, 6) is 2.02. The quantitative estimate of drug-likeness (QED) is 0.350. The van der Waals surface area contributed by atoms with Crippen LogP contribution in [0.5, 0.6) is 0 Å². The Morgan fingerprint density at radius 2 is 2.13 bits per heavy atom. The van der Waals surface area contributed by atoms with Crippen LogP contribution in [-0.4, -0.2) is 10.1 Å². The van der Waals surface area contributed by atoms with Gasteiger partial charge in [0, 0.05) is 4.47 Å². The third-order valence-corrected chi connectivity index (χ3v) is 2.77. The molecule has 1 atom stereocenters. The molecule has 15 heavy (non-hydrogen) atoms. The zero-order valence-corrected chi connectivity index (χ0v) is 11.5. The van der Waals surface area contributed by atoms with Crippen LogP contribution in [0, 0.1) is 12.3 Å². The first-order chi connectivity index (χ1) is 7.11. The van der Waals surface area contributed by atoms with Crippen molar-refractivity contribution in [1.29, 1.82) is 0 Å². The van der Waals surface area contributed by atoms with Gasteiger partial charge in [-0.05, 0) is 40.3 Å². The number of halogens is 2. The molecule has 0 aliphatic heterocycles. The van der Waals surface area contributed by atoms with E-state index in [-0.39, 0.29) is 12.4 Å². The molecule has 1 rings (SSSR count). The largest absolute Gasteiger partial charge is 0.439 e. The molecule has 0 aromatic heterocycles. The van der Waals surface area contributed by atoms with Crippen LogP contribution in [0.3, 0.4) is 0 Å². The highest BCUT2D eigenvalue weighted by Gasteiger charge is 2.08. The molecule has 0 aliphatic rings. The van der Waals surface area contributed by atoms with Crippen molar-refractivity contribution < 1.29 is 9.53 Å². The van der Waals surface area contributed by atoms with Crippen LogP contribution in [0.2, 0.25) is 0 Å². The van der Waals surface area contributed by atoms with Gasteiger partial charge in [0.2, 0.25) is 4.11 Å². The number of carbonyl (C=O) groups is 1. The highest BCUT2D eigenvalue weighted by molar-refractivity contribution is 14.1. The van der Waals surface area contributed by atoms with Crippen molar-refractivity contribution in [3.05, 3.63) is 34.3 Å². The van der Waals surface area contributed by atoms with Gasteiger partial charge in [-0.1, -0.05) is 34.0 Å². The third kappa shape index (κ3) is 4.67. The third-order valence-electron chi connectivity index (χ3n) is 1.63. The summed E-state index contributed by atoms with van der Waals surface area (Å²) in [7, 11) is 0. The number of benzene rings is 1. The molecule has 0 saturated heterocycles. The Morgan fingerprint density at radius 3 is 2.67 bits per heavy atom. The lowest BCUT2D eigenvalue weighted by Crippen LogP contribution is -2.12. The minimum atomic E-state index is -0.495. The van der Waals surface area contributed by atoms with E-state index in [1.165, 1.54) is 0 Å². The number of hydrogen-bond donors (Lipinski definition) is 0. The highest BCUT2D eigenvalue weighted by Crippen LogP contribution is 2.12. The van der Waals surface area contributed by atoms with Crippen molar-refractivity contribution in [2.24, 2.45) is 0 Å². The van der Waals surface area contributed by atoms with Crippen LogP contribution in [0.15, 0.2) is 28.7 Å². The standard InChI is InChI=1S/C11H8BrIO2/c1-2-10(13)15-11(14)7-8-3-5-9(12)6-4-8/h1,3-6,10H,7H2. The van der Waals surface area contributed by atoms with Crippen LogP contribution in [-0.2, 0) is 16.0 Å². The zero-order valence-electron chi connectivity index (χ0n) is 7.74. The van der Waals surface area contributed by atoms with E-state index < -0.39 is 4.11 Å². The van der Waals surface area contributed by atoms with Crippen molar-refractivity contribution in [2.75, 3.05) is 0 Å². The van der Waals surface area contributed by atoms with E-state index in [4.69, 9.17) is 11.2 Å². The van der Waals surface area contributed by atoms with Gasteiger partial charge in [-0.3, -0.25) is 4.79 Å². The molecule has 1 aromatic carbocycles. The molecule has 1 unspecified atom stereocenters. The van der Waals surface area contributed by atoms with Crippen LogP contribution in [0.25, 0.3) is 0 Å². The second kappa shape index (κ2) is 6.13. The van der Waals surface area contributed by atoms with Gasteiger partial charge in [0.15, 0.2) is 0 Å². The summed E-state index contributed by atoms with van der Waals surface area (Å²) in [6.07, 6.45) is 5.34. The fourth-order valence-electron chi connectivity index (χ4n) is 0.960. The van der Waals surface area contributed by atoms with Crippen molar-refractivity contribution in [3.63, 3.8) is 0 Å². The molecule has 0 amide bonds. The first-order valence-electron chi connectivity index (χ1n) is 4.16. The highest BCUT2D eigenvalue weighted by atomic mass is 127. The van der Waals surface area contributed by atoms with Crippen molar-refractivity contribution in [1.82, 2.24) is 0 Å². The Hall–Kier alpha value is -0.540. The SMILES string of the molecule is C#CC(I)OC(=O)Cc1ccc(Br)cc1. The molecule has 1 aromatic rings. The number of ether oxygens (including phenoxy) is 1. The van der Waals surface area contributed by atoms with Gasteiger partial charge >= 0.3 is 5.97 Å². The molecule has 0 heterocycles. The van der Waals surface area contributed by atoms with E-state index in [9.17, 15) is 4.79 Å². The maximum atomic E-state index is 11.3. The van der Waals surface area contributed by atoms with E-state index in [1.54, 1.807) is 0 Å². The molecule has 0 saturated carbocycles. The second-order valence-electron chi connectivity index (χ2n) is 2.78. The summed E-state index contributed by atoms with van der Waals surface area (Å²) in [6, 6.07) is 7.49. The summed E-state index contributed by atoms with van der Waals surface area (Å²) in [5, 5.41) is 0. The van der Waals surface area contributed by atoms with Crippen LogP contribution in [0.4, 0.5) is 0 Å². The molecular formula is C11H8BrIO2. The molecule has 4 heteroatoms. The first kappa shape index (κ1) is 12.5. The fraction of sp³-hybridized carbons (Fsp3) is 0.182. The van der Waals surface area contributed by atoms with Crippen LogP contribution in [0.1, 0.15) is 5.56 Å². The summed E-state index contributed by atoms with van der Waals surface area (Å²) < 4.78 is 5.42. The summed E-state index contributed by atoms with van der Waals surface area (Å²) in [4.78, 5) is 11.3. The van der Waals surface area contributed by atoms with E-state index in [1.807, 2.05) is 46.9 Å². The molecule has 0 bridgehead atoms. The minimum Gasteiger partial charge on any atom is -0.439 e. The smallest absolute Gasteiger partial charge is 0.312 e. The maximum Gasteiger partial charge on any atom is 0.312 e. The van der Waals surface area contributed by atoms with Crippen molar-refractivity contribution in [3.8, 4) is 12.3 Å². The van der Waals surface area contributed by atoms with Gasteiger partial charge in [0.05, 0.1) is 6.42 Å². The Kier molecular flexibility index (Phi) is 5.12. The molecule has 0 aliphatic carbocycles. The zero-order chi connectivity index (χ0) is 11.3. The average Bonchev–Trinajstić information content (AvgIpc) is 2.21.